The van der Waals surface area contributed by atoms with Gasteiger partial charge in [0, 0.05) is 0 Å². The zero-order chi connectivity index (χ0) is 16.1. The summed E-state index contributed by atoms with van der Waals surface area (Å²) in [6.07, 6.45) is 1.95. The van der Waals surface area contributed by atoms with Crippen LogP contribution in [0.4, 0.5) is 0 Å². The maximum Gasteiger partial charge on any atom is 0.258 e. The highest BCUT2D eigenvalue weighted by atomic mass is 16.5. The Kier molecular flexibility index (Phi) is 4.81. The molecule has 1 aliphatic rings. The molecule has 0 spiro atoms. The Hall–Kier alpha value is -2.49. The lowest BCUT2D eigenvalue weighted by Gasteiger charge is -2.15. The number of hydrogen-bond donors (Lipinski definition) is 1. The van der Waals surface area contributed by atoms with Gasteiger partial charge in [-0.2, -0.15) is 0 Å². The summed E-state index contributed by atoms with van der Waals surface area (Å²) >= 11 is 0. The smallest absolute Gasteiger partial charge is 0.258 e. The van der Waals surface area contributed by atoms with Gasteiger partial charge in [0.15, 0.2) is 18.1 Å². The van der Waals surface area contributed by atoms with Crippen molar-refractivity contribution in [1.82, 2.24) is 5.32 Å². The second kappa shape index (κ2) is 7.18. The Morgan fingerprint density at radius 2 is 1.78 bits per heavy atom. The molecule has 0 bridgehead atoms. The Morgan fingerprint density at radius 1 is 1.09 bits per heavy atom. The number of carbonyl (C=O) groups excluding carboxylic acids is 1. The van der Waals surface area contributed by atoms with Crippen LogP contribution in [-0.4, -0.2) is 19.1 Å². The third-order valence-corrected chi connectivity index (χ3v) is 3.98. The number of carbonyl (C=O) groups is 1. The van der Waals surface area contributed by atoms with Crippen molar-refractivity contribution in [2.75, 3.05) is 13.2 Å². The third kappa shape index (κ3) is 3.65. The quantitative estimate of drug-likeness (QED) is 0.890. The molecule has 0 saturated heterocycles. The number of fused-ring (bicyclic) bond motifs is 1. The summed E-state index contributed by atoms with van der Waals surface area (Å²) in [5.41, 5.74) is 2.54. The van der Waals surface area contributed by atoms with Crippen LogP contribution < -0.4 is 14.8 Å². The van der Waals surface area contributed by atoms with Crippen LogP contribution in [0.15, 0.2) is 48.5 Å². The van der Waals surface area contributed by atoms with Crippen LogP contribution in [-0.2, 0) is 11.2 Å². The van der Waals surface area contributed by atoms with Crippen LogP contribution in [0.5, 0.6) is 11.5 Å². The third-order valence-electron chi connectivity index (χ3n) is 3.98. The van der Waals surface area contributed by atoms with E-state index in [1.807, 2.05) is 43.3 Å². The summed E-state index contributed by atoms with van der Waals surface area (Å²) in [6, 6.07) is 15.7. The summed E-state index contributed by atoms with van der Waals surface area (Å²) in [5.74, 6) is 1.14. The molecule has 4 nitrogen and oxygen atoms in total. The molecule has 4 heteroatoms. The Bertz CT molecular complexity index is 684. The SMILES string of the molecule is CCOc1ccccc1OCC(=O)N[C@H]1CCc2ccccc21. The first kappa shape index (κ1) is 15.4. The fourth-order valence-electron chi connectivity index (χ4n) is 2.93. The Balaban J connectivity index is 1.57. The topological polar surface area (TPSA) is 47.6 Å². The molecule has 1 aliphatic carbocycles. The van der Waals surface area contributed by atoms with Crippen molar-refractivity contribution in [2.24, 2.45) is 0 Å². The normalized spacial score (nSPS) is 15.8. The predicted molar refractivity (Wildman–Crippen MR) is 88.8 cm³/mol. The molecular weight excluding hydrogens is 290 g/mol. The molecule has 23 heavy (non-hydrogen) atoms. The minimum absolute atomic E-state index is 0.0112. The lowest BCUT2D eigenvalue weighted by Crippen LogP contribution is -2.31. The van der Waals surface area contributed by atoms with Gasteiger partial charge in [0.2, 0.25) is 0 Å². The molecule has 2 aromatic carbocycles. The molecule has 0 aliphatic heterocycles. The van der Waals surface area contributed by atoms with E-state index in [1.54, 1.807) is 0 Å². The van der Waals surface area contributed by atoms with E-state index in [2.05, 4.69) is 17.4 Å². The van der Waals surface area contributed by atoms with E-state index in [-0.39, 0.29) is 18.6 Å². The molecule has 2 aromatic rings. The van der Waals surface area contributed by atoms with Crippen molar-refractivity contribution < 1.29 is 14.3 Å². The van der Waals surface area contributed by atoms with Crippen LogP contribution in [0.2, 0.25) is 0 Å². The maximum absolute atomic E-state index is 12.2. The summed E-state index contributed by atoms with van der Waals surface area (Å²) < 4.78 is 11.1. The van der Waals surface area contributed by atoms with E-state index in [4.69, 9.17) is 9.47 Å². The molecule has 0 unspecified atom stereocenters. The zero-order valence-electron chi connectivity index (χ0n) is 13.2. The van der Waals surface area contributed by atoms with Gasteiger partial charge in [-0.05, 0) is 43.0 Å². The highest BCUT2D eigenvalue weighted by molar-refractivity contribution is 5.78. The average Bonchev–Trinajstić information content (AvgIpc) is 2.98. The Morgan fingerprint density at radius 3 is 2.57 bits per heavy atom. The average molecular weight is 311 g/mol. The summed E-state index contributed by atoms with van der Waals surface area (Å²) in [7, 11) is 0. The van der Waals surface area contributed by atoms with E-state index in [1.165, 1.54) is 11.1 Å². The molecule has 1 N–H and O–H groups in total. The predicted octanol–water partition coefficient (Wildman–Crippen LogP) is 3.27. The van der Waals surface area contributed by atoms with Gasteiger partial charge >= 0.3 is 0 Å². The molecule has 1 amide bonds. The second-order valence-electron chi connectivity index (χ2n) is 5.53. The number of benzene rings is 2. The summed E-state index contributed by atoms with van der Waals surface area (Å²) in [4.78, 5) is 12.2. The molecule has 120 valence electrons. The fourth-order valence-corrected chi connectivity index (χ4v) is 2.93. The minimum atomic E-state index is -0.113. The number of para-hydroxylation sites is 2. The maximum atomic E-state index is 12.2. The van der Waals surface area contributed by atoms with Gasteiger partial charge < -0.3 is 14.8 Å². The lowest BCUT2D eigenvalue weighted by atomic mass is 10.1. The van der Waals surface area contributed by atoms with E-state index < -0.39 is 0 Å². The van der Waals surface area contributed by atoms with Crippen LogP contribution in [0, 0.1) is 0 Å². The monoisotopic (exact) mass is 311 g/mol. The molecule has 0 saturated carbocycles. The first-order valence-electron chi connectivity index (χ1n) is 7.99. The number of amides is 1. The van der Waals surface area contributed by atoms with Crippen LogP contribution in [0.25, 0.3) is 0 Å². The van der Waals surface area contributed by atoms with Gasteiger partial charge in [-0.3, -0.25) is 4.79 Å². The molecular formula is C19H21NO3. The lowest BCUT2D eigenvalue weighted by molar-refractivity contribution is -0.123. The molecule has 1 atom stereocenters. The second-order valence-corrected chi connectivity index (χ2v) is 5.53. The van der Waals surface area contributed by atoms with Crippen molar-refractivity contribution in [3.8, 4) is 11.5 Å². The van der Waals surface area contributed by atoms with Crippen molar-refractivity contribution in [2.45, 2.75) is 25.8 Å². The van der Waals surface area contributed by atoms with Gasteiger partial charge in [0.25, 0.3) is 5.91 Å². The van der Waals surface area contributed by atoms with Crippen LogP contribution in [0.1, 0.15) is 30.5 Å². The van der Waals surface area contributed by atoms with Crippen molar-refractivity contribution >= 4 is 5.91 Å². The molecule has 3 rings (SSSR count). The van der Waals surface area contributed by atoms with Crippen molar-refractivity contribution in [1.29, 1.82) is 0 Å². The van der Waals surface area contributed by atoms with Gasteiger partial charge in [-0.15, -0.1) is 0 Å². The zero-order valence-corrected chi connectivity index (χ0v) is 13.2. The first-order chi connectivity index (χ1) is 11.3. The van der Waals surface area contributed by atoms with Gasteiger partial charge in [0.1, 0.15) is 0 Å². The highest BCUT2D eigenvalue weighted by Gasteiger charge is 2.23. The standard InChI is InChI=1S/C19H21NO3/c1-2-22-17-9-5-6-10-18(17)23-13-19(21)20-16-12-11-14-7-3-4-8-15(14)16/h3-10,16H,2,11-13H2,1H3,(H,20,21)/t16-/m0/s1. The molecule has 0 heterocycles. The van der Waals surface area contributed by atoms with Crippen LogP contribution >= 0.6 is 0 Å². The molecule has 0 fully saturated rings. The molecule has 0 aromatic heterocycles. The minimum Gasteiger partial charge on any atom is -0.490 e. The Labute approximate surface area is 136 Å². The summed E-state index contributed by atoms with van der Waals surface area (Å²) in [6.45, 7) is 2.47. The number of aryl methyl sites for hydroxylation is 1. The fraction of sp³-hybridized carbons (Fsp3) is 0.316. The van der Waals surface area contributed by atoms with Crippen molar-refractivity contribution in [3.05, 3.63) is 59.7 Å². The highest BCUT2D eigenvalue weighted by Crippen LogP contribution is 2.30. The number of ether oxygens (including phenoxy) is 2. The molecule has 0 radical (unpaired) electrons. The van der Waals surface area contributed by atoms with E-state index >= 15 is 0 Å². The van der Waals surface area contributed by atoms with Crippen LogP contribution in [0.3, 0.4) is 0 Å². The van der Waals surface area contributed by atoms with Crippen molar-refractivity contribution in [3.63, 3.8) is 0 Å². The number of nitrogens with one attached hydrogen (secondary N) is 1. The van der Waals surface area contributed by atoms with Gasteiger partial charge in [-0.25, -0.2) is 0 Å². The first-order valence-corrected chi connectivity index (χ1v) is 7.99. The van der Waals surface area contributed by atoms with Gasteiger partial charge in [-0.1, -0.05) is 36.4 Å². The summed E-state index contributed by atoms with van der Waals surface area (Å²) in [5, 5.41) is 3.05. The number of rotatable bonds is 6. The van der Waals surface area contributed by atoms with Gasteiger partial charge in [0.05, 0.1) is 12.6 Å². The largest absolute Gasteiger partial charge is 0.490 e. The van der Waals surface area contributed by atoms with E-state index in [0.29, 0.717) is 18.1 Å². The van der Waals surface area contributed by atoms with E-state index in [0.717, 1.165) is 12.8 Å². The van der Waals surface area contributed by atoms with E-state index in [9.17, 15) is 4.79 Å². The number of hydrogen-bond acceptors (Lipinski definition) is 3.